The highest BCUT2D eigenvalue weighted by Gasteiger charge is 2.29. The number of hydrogen-bond acceptors (Lipinski definition) is 4. The van der Waals surface area contributed by atoms with Gasteiger partial charge in [-0.3, -0.25) is 4.79 Å². The van der Waals surface area contributed by atoms with E-state index in [-0.39, 0.29) is 11.9 Å². The zero-order valence-electron chi connectivity index (χ0n) is 16.8. The zero-order chi connectivity index (χ0) is 21.4. The molecule has 0 saturated carbocycles. The molecule has 0 aliphatic carbocycles. The minimum atomic E-state index is -0.174. The van der Waals surface area contributed by atoms with E-state index >= 15 is 0 Å². The van der Waals surface area contributed by atoms with Crippen molar-refractivity contribution in [3.63, 3.8) is 0 Å². The van der Waals surface area contributed by atoms with Gasteiger partial charge in [-0.05, 0) is 60.5 Å². The highest BCUT2D eigenvalue weighted by molar-refractivity contribution is 9.10. The molecular formula is C26H19BrO4. The number of carbonyl (C=O) groups is 1. The van der Waals surface area contributed by atoms with Crippen LogP contribution in [0, 0.1) is 0 Å². The summed E-state index contributed by atoms with van der Waals surface area (Å²) in [5.74, 6) is 2.15. The van der Waals surface area contributed by atoms with Crippen LogP contribution in [-0.4, -0.2) is 11.9 Å². The first-order chi connectivity index (χ1) is 15.1. The van der Waals surface area contributed by atoms with Crippen LogP contribution in [0.4, 0.5) is 0 Å². The number of Topliss-reactive ketones (excluding diaryl/α,β-unsaturated/α-hetero) is 1. The molecule has 0 spiro atoms. The summed E-state index contributed by atoms with van der Waals surface area (Å²) in [5.41, 5.74) is 3.47. The molecule has 2 heterocycles. The first kappa shape index (κ1) is 19.6. The summed E-state index contributed by atoms with van der Waals surface area (Å²) in [7, 11) is 0. The number of fused-ring (bicyclic) bond motifs is 2. The van der Waals surface area contributed by atoms with Gasteiger partial charge in [-0.1, -0.05) is 46.3 Å². The molecule has 5 rings (SSSR count). The summed E-state index contributed by atoms with van der Waals surface area (Å²) < 4.78 is 18.8. The number of benzene rings is 3. The molecule has 5 heteroatoms. The lowest BCUT2D eigenvalue weighted by Gasteiger charge is -2.22. The molecule has 2 aliphatic rings. The summed E-state index contributed by atoms with van der Waals surface area (Å²) in [6, 6.07) is 21.1. The van der Waals surface area contributed by atoms with Gasteiger partial charge in [0.2, 0.25) is 5.78 Å². The van der Waals surface area contributed by atoms with Gasteiger partial charge < -0.3 is 14.2 Å². The Morgan fingerprint density at radius 3 is 2.68 bits per heavy atom. The fourth-order valence-corrected chi connectivity index (χ4v) is 3.84. The molecule has 2 aliphatic heterocycles. The second kappa shape index (κ2) is 8.08. The van der Waals surface area contributed by atoms with Gasteiger partial charge in [-0.25, -0.2) is 0 Å². The lowest BCUT2D eigenvalue weighted by molar-refractivity contribution is 0.101. The van der Waals surface area contributed by atoms with Crippen molar-refractivity contribution in [3.05, 3.63) is 105 Å². The molecule has 31 heavy (non-hydrogen) atoms. The van der Waals surface area contributed by atoms with E-state index < -0.39 is 0 Å². The Morgan fingerprint density at radius 1 is 1.03 bits per heavy atom. The van der Waals surface area contributed by atoms with Gasteiger partial charge >= 0.3 is 0 Å². The normalized spacial score (nSPS) is 18.0. The van der Waals surface area contributed by atoms with E-state index in [0.717, 1.165) is 26.9 Å². The Kier molecular flexibility index (Phi) is 5.12. The van der Waals surface area contributed by atoms with Crippen molar-refractivity contribution in [2.45, 2.75) is 19.6 Å². The Balaban J connectivity index is 1.35. The molecular weight excluding hydrogens is 456 g/mol. The Labute approximate surface area is 188 Å². The average Bonchev–Trinajstić information content (AvgIpc) is 3.08. The van der Waals surface area contributed by atoms with Crippen LogP contribution >= 0.6 is 15.9 Å². The highest BCUT2D eigenvalue weighted by atomic mass is 79.9. The molecule has 4 nitrogen and oxygen atoms in total. The number of carbonyl (C=O) groups excluding carboxylic acids is 1. The number of ketones is 1. The third-order valence-corrected chi connectivity index (χ3v) is 5.80. The molecule has 1 atom stereocenters. The molecule has 0 unspecified atom stereocenters. The van der Waals surface area contributed by atoms with Crippen LogP contribution in [0.2, 0.25) is 0 Å². The standard InChI is InChI=1S/C26H19BrO4/c1-16-19(12-18-4-2-3-5-23(18)30-16)13-25-26(28)22-11-10-21(14-24(22)31-25)29-15-17-6-8-20(27)9-7-17/h2-14,16H,15H2,1H3/b25-13-/t16-/m0/s1. The van der Waals surface area contributed by atoms with Crippen LogP contribution in [0.1, 0.15) is 28.4 Å². The Bertz CT molecular complexity index is 1220. The molecule has 0 aromatic heterocycles. The van der Waals surface area contributed by atoms with Crippen molar-refractivity contribution in [1.82, 2.24) is 0 Å². The van der Waals surface area contributed by atoms with Gasteiger partial charge in [0, 0.05) is 16.1 Å². The molecule has 0 N–H and O–H groups in total. The average molecular weight is 475 g/mol. The third kappa shape index (κ3) is 4.01. The second-order valence-corrected chi connectivity index (χ2v) is 8.37. The number of para-hydroxylation sites is 1. The zero-order valence-corrected chi connectivity index (χ0v) is 18.4. The predicted octanol–water partition coefficient (Wildman–Crippen LogP) is 6.35. The molecule has 0 amide bonds. The molecule has 0 saturated heterocycles. The van der Waals surface area contributed by atoms with Crippen LogP contribution < -0.4 is 14.2 Å². The maximum Gasteiger partial charge on any atom is 0.231 e. The molecule has 0 radical (unpaired) electrons. The van der Waals surface area contributed by atoms with Gasteiger partial charge in [0.05, 0.1) is 5.56 Å². The highest BCUT2D eigenvalue weighted by Crippen LogP contribution is 2.36. The van der Waals surface area contributed by atoms with Gasteiger partial charge in [-0.15, -0.1) is 0 Å². The minimum Gasteiger partial charge on any atom is -0.489 e. The van der Waals surface area contributed by atoms with Crippen molar-refractivity contribution in [2.75, 3.05) is 0 Å². The topological polar surface area (TPSA) is 44.8 Å². The van der Waals surface area contributed by atoms with Crippen molar-refractivity contribution < 1.29 is 19.0 Å². The quantitative estimate of drug-likeness (QED) is 0.413. The van der Waals surface area contributed by atoms with Gasteiger partial charge in [0.1, 0.15) is 30.0 Å². The van der Waals surface area contributed by atoms with E-state index in [1.54, 1.807) is 24.3 Å². The van der Waals surface area contributed by atoms with Crippen LogP contribution in [0.25, 0.3) is 6.08 Å². The van der Waals surface area contributed by atoms with Gasteiger partial charge in [-0.2, -0.15) is 0 Å². The van der Waals surface area contributed by atoms with E-state index in [1.165, 1.54) is 0 Å². The first-order valence-electron chi connectivity index (χ1n) is 10.00. The first-order valence-corrected chi connectivity index (χ1v) is 10.8. The van der Waals surface area contributed by atoms with Crippen molar-refractivity contribution in [3.8, 4) is 17.2 Å². The third-order valence-electron chi connectivity index (χ3n) is 5.27. The summed E-state index contributed by atoms with van der Waals surface area (Å²) in [6.45, 7) is 2.39. The van der Waals surface area contributed by atoms with Crippen LogP contribution in [0.15, 0.2) is 88.6 Å². The summed E-state index contributed by atoms with van der Waals surface area (Å²) in [4.78, 5) is 12.8. The van der Waals surface area contributed by atoms with Gasteiger partial charge in [0.15, 0.2) is 5.76 Å². The number of rotatable bonds is 4. The summed E-state index contributed by atoms with van der Waals surface area (Å²) >= 11 is 3.43. The Hall–Kier alpha value is -3.31. The Morgan fingerprint density at radius 2 is 1.84 bits per heavy atom. The minimum absolute atomic E-state index is 0.138. The molecule has 3 aromatic carbocycles. The van der Waals surface area contributed by atoms with E-state index in [0.29, 0.717) is 29.4 Å². The van der Waals surface area contributed by atoms with E-state index in [1.807, 2.05) is 61.5 Å². The molecule has 0 bridgehead atoms. The lowest BCUT2D eigenvalue weighted by Crippen LogP contribution is -2.18. The molecule has 154 valence electrons. The second-order valence-electron chi connectivity index (χ2n) is 7.46. The maximum atomic E-state index is 12.8. The largest absolute Gasteiger partial charge is 0.489 e. The van der Waals surface area contributed by atoms with E-state index in [4.69, 9.17) is 14.2 Å². The van der Waals surface area contributed by atoms with Gasteiger partial charge in [0.25, 0.3) is 0 Å². The maximum absolute atomic E-state index is 12.8. The van der Waals surface area contributed by atoms with Crippen molar-refractivity contribution in [1.29, 1.82) is 0 Å². The number of halogens is 1. The van der Waals surface area contributed by atoms with Crippen molar-refractivity contribution >= 4 is 27.8 Å². The summed E-state index contributed by atoms with van der Waals surface area (Å²) in [5, 5.41) is 0. The fraction of sp³-hybridized carbons (Fsp3) is 0.115. The predicted molar refractivity (Wildman–Crippen MR) is 122 cm³/mol. The van der Waals surface area contributed by atoms with Crippen LogP contribution in [-0.2, 0) is 6.61 Å². The van der Waals surface area contributed by atoms with Crippen molar-refractivity contribution in [2.24, 2.45) is 0 Å². The number of ether oxygens (including phenoxy) is 3. The lowest BCUT2D eigenvalue weighted by atomic mass is 10.0. The number of allylic oxidation sites excluding steroid dienone is 1. The van der Waals surface area contributed by atoms with Crippen LogP contribution in [0.3, 0.4) is 0 Å². The van der Waals surface area contributed by atoms with E-state index in [2.05, 4.69) is 15.9 Å². The van der Waals surface area contributed by atoms with E-state index in [9.17, 15) is 4.79 Å². The SMILES string of the molecule is C[C@@H]1Oc2ccccc2C=C1/C=C1\Oc2cc(OCc3ccc(Br)cc3)ccc2C1=O. The molecule has 0 fully saturated rings. The van der Waals surface area contributed by atoms with Crippen LogP contribution in [0.5, 0.6) is 17.2 Å². The fourth-order valence-electron chi connectivity index (χ4n) is 3.58. The summed E-state index contributed by atoms with van der Waals surface area (Å²) in [6.07, 6.45) is 3.63. The number of hydrogen-bond donors (Lipinski definition) is 0. The monoisotopic (exact) mass is 474 g/mol. The molecule has 3 aromatic rings. The smallest absolute Gasteiger partial charge is 0.231 e.